The summed E-state index contributed by atoms with van der Waals surface area (Å²) in [4.78, 5) is 11.8. The number of amides is 1. The average Bonchev–Trinajstić information content (AvgIpc) is 3.13. The van der Waals surface area contributed by atoms with Crippen LogP contribution in [0.5, 0.6) is 0 Å². The van der Waals surface area contributed by atoms with Gasteiger partial charge in [0, 0.05) is 6.04 Å². The van der Waals surface area contributed by atoms with Crippen LogP contribution in [0, 0.1) is 0 Å². The van der Waals surface area contributed by atoms with Gasteiger partial charge in [0.15, 0.2) is 0 Å². The van der Waals surface area contributed by atoms with Crippen molar-refractivity contribution in [2.75, 3.05) is 0 Å². The van der Waals surface area contributed by atoms with Crippen LogP contribution in [0.25, 0.3) is 0 Å². The van der Waals surface area contributed by atoms with E-state index in [9.17, 15) is 13.2 Å². The monoisotopic (exact) mass is 268 g/mol. The third kappa shape index (κ3) is 3.30. The molecule has 98 valence electrons. The summed E-state index contributed by atoms with van der Waals surface area (Å²) in [6, 6.07) is 7.47. The highest BCUT2D eigenvalue weighted by molar-refractivity contribution is 7.89. The summed E-state index contributed by atoms with van der Waals surface area (Å²) in [5.74, 6) is -0.281. The molecule has 0 aliphatic heterocycles. The summed E-state index contributed by atoms with van der Waals surface area (Å²) in [6.07, 6.45) is 1.95. The molecule has 1 aromatic carbocycles. The normalized spacial score (nSPS) is 17.2. The smallest absolute Gasteiger partial charge is 0.241 e. The average molecular weight is 268 g/mol. The molecule has 6 heteroatoms. The summed E-state index contributed by atoms with van der Waals surface area (Å²) in [7, 11) is -3.63. The Morgan fingerprint density at radius 2 is 1.89 bits per heavy atom. The molecule has 1 atom stereocenters. The lowest BCUT2D eigenvalue weighted by Crippen LogP contribution is -2.45. The quantitative estimate of drug-likeness (QED) is 0.822. The zero-order chi connectivity index (χ0) is 13.2. The Morgan fingerprint density at radius 1 is 1.28 bits per heavy atom. The number of nitrogens with one attached hydrogen (secondary N) is 2. The predicted molar refractivity (Wildman–Crippen MR) is 67.4 cm³/mol. The van der Waals surface area contributed by atoms with E-state index in [2.05, 4.69) is 10.0 Å². The van der Waals surface area contributed by atoms with Gasteiger partial charge in [0.05, 0.1) is 10.9 Å². The van der Waals surface area contributed by atoms with Gasteiger partial charge < -0.3 is 5.32 Å². The molecule has 2 rings (SSSR count). The van der Waals surface area contributed by atoms with Crippen molar-refractivity contribution in [1.29, 1.82) is 0 Å². The minimum absolute atomic E-state index is 0.163. The van der Waals surface area contributed by atoms with Gasteiger partial charge in [-0.05, 0) is 31.9 Å². The minimum atomic E-state index is -3.63. The summed E-state index contributed by atoms with van der Waals surface area (Å²) in [5.41, 5.74) is 0. The largest absolute Gasteiger partial charge is 0.352 e. The lowest BCUT2D eigenvalue weighted by Gasteiger charge is -2.14. The lowest BCUT2D eigenvalue weighted by molar-refractivity contribution is -0.122. The Bertz CT molecular complexity index is 524. The van der Waals surface area contributed by atoms with Gasteiger partial charge in [-0.15, -0.1) is 0 Å². The van der Waals surface area contributed by atoms with E-state index in [1.165, 1.54) is 19.1 Å². The van der Waals surface area contributed by atoms with Crippen LogP contribution >= 0.6 is 0 Å². The number of rotatable bonds is 5. The van der Waals surface area contributed by atoms with Crippen molar-refractivity contribution in [1.82, 2.24) is 10.0 Å². The van der Waals surface area contributed by atoms with E-state index in [-0.39, 0.29) is 16.8 Å². The number of hydrogen-bond donors (Lipinski definition) is 2. The Kier molecular flexibility index (Phi) is 3.68. The molecule has 0 aromatic heterocycles. The first-order valence-electron chi connectivity index (χ1n) is 5.87. The van der Waals surface area contributed by atoms with E-state index in [4.69, 9.17) is 0 Å². The van der Waals surface area contributed by atoms with Crippen molar-refractivity contribution in [3.05, 3.63) is 30.3 Å². The molecular formula is C12H16N2O3S. The Hall–Kier alpha value is -1.40. The van der Waals surface area contributed by atoms with Crippen LogP contribution in [-0.4, -0.2) is 26.4 Å². The van der Waals surface area contributed by atoms with Crippen LogP contribution in [0.15, 0.2) is 35.2 Å². The number of benzene rings is 1. The molecule has 2 N–H and O–H groups in total. The van der Waals surface area contributed by atoms with E-state index < -0.39 is 16.1 Å². The number of carbonyl (C=O) groups is 1. The molecule has 1 amide bonds. The number of hydrogen-bond acceptors (Lipinski definition) is 3. The van der Waals surface area contributed by atoms with Crippen molar-refractivity contribution >= 4 is 15.9 Å². The van der Waals surface area contributed by atoms with Gasteiger partial charge in [0.1, 0.15) is 0 Å². The van der Waals surface area contributed by atoms with E-state index in [0.29, 0.717) is 0 Å². The molecule has 1 aliphatic rings. The number of sulfonamides is 1. The fraction of sp³-hybridized carbons (Fsp3) is 0.417. The highest BCUT2D eigenvalue weighted by Gasteiger charge is 2.27. The number of carbonyl (C=O) groups excluding carboxylic acids is 1. The van der Waals surface area contributed by atoms with E-state index >= 15 is 0 Å². The van der Waals surface area contributed by atoms with Gasteiger partial charge in [-0.1, -0.05) is 18.2 Å². The van der Waals surface area contributed by atoms with Gasteiger partial charge in [-0.25, -0.2) is 8.42 Å². The first kappa shape index (κ1) is 13.0. The fourth-order valence-corrected chi connectivity index (χ4v) is 2.73. The maximum atomic E-state index is 12.0. The molecule has 18 heavy (non-hydrogen) atoms. The van der Waals surface area contributed by atoms with Crippen molar-refractivity contribution in [2.45, 2.75) is 36.7 Å². The van der Waals surface area contributed by atoms with Gasteiger partial charge in [0.25, 0.3) is 0 Å². The summed E-state index contributed by atoms with van der Waals surface area (Å²) in [6.45, 7) is 1.54. The SMILES string of the molecule is C[C@@H](NS(=O)(=O)c1ccccc1)C(=O)NC1CC1. The van der Waals surface area contributed by atoms with Crippen molar-refractivity contribution in [2.24, 2.45) is 0 Å². The van der Waals surface area contributed by atoms with Crippen LogP contribution in [0.2, 0.25) is 0 Å². The van der Waals surface area contributed by atoms with E-state index in [0.717, 1.165) is 12.8 Å². The molecule has 1 aliphatic carbocycles. The lowest BCUT2D eigenvalue weighted by atomic mass is 10.3. The van der Waals surface area contributed by atoms with Gasteiger partial charge in [-0.3, -0.25) is 4.79 Å². The fourth-order valence-electron chi connectivity index (χ4n) is 1.51. The first-order chi connectivity index (χ1) is 8.49. The minimum Gasteiger partial charge on any atom is -0.352 e. The summed E-state index contributed by atoms with van der Waals surface area (Å²) >= 11 is 0. The Labute approximate surface area is 107 Å². The Balaban J connectivity index is 2.01. The highest BCUT2D eigenvalue weighted by atomic mass is 32.2. The molecule has 0 saturated heterocycles. The van der Waals surface area contributed by atoms with Crippen LogP contribution in [-0.2, 0) is 14.8 Å². The van der Waals surface area contributed by atoms with Crippen LogP contribution in [0.3, 0.4) is 0 Å². The molecule has 0 bridgehead atoms. The molecule has 1 saturated carbocycles. The molecule has 0 radical (unpaired) electrons. The summed E-state index contributed by atoms with van der Waals surface area (Å²) < 4.78 is 26.3. The maximum Gasteiger partial charge on any atom is 0.241 e. The van der Waals surface area contributed by atoms with Crippen molar-refractivity contribution in [3.63, 3.8) is 0 Å². The zero-order valence-electron chi connectivity index (χ0n) is 10.1. The standard InChI is InChI=1S/C12H16N2O3S/c1-9(12(15)13-10-7-8-10)14-18(16,17)11-5-3-2-4-6-11/h2-6,9-10,14H,7-8H2,1H3,(H,13,15)/t9-/m1/s1. The zero-order valence-corrected chi connectivity index (χ0v) is 10.9. The molecule has 0 heterocycles. The molecular weight excluding hydrogens is 252 g/mol. The summed E-state index contributed by atoms with van der Waals surface area (Å²) in [5, 5.41) is 2.76. The van der Waals surface area contributed by atoms with Crippen LogP contribution in [0.1, 0.15) is 19.8 Å². The van der Waals surface area contributed by atoms with Crippen LogP contribution < -0.4 is 10.0 Å². The van der Waals surface area contributed by atoms with Crippen molar-refractivity contribution in [3.8, 4) is 0 Å². The van der Waals surface area contributed by atoms with E-state index in [1.54, 1.807) is 18.2 Å². The second kappa shape index (κ2) is 5.07. The predicted octanol–water partition coefficient (Wildman–Crippen LogP) is 0.632. The molecule has 0 spiro atoms. The molecule has 1 fully saturated rings. The highest BCUT2D eigenvalue weighted by Crippen LogP contribution is 2.18. The van der Waals surface area contributed by atoms with Crippen LogP contribution in [0.4, 0.5) is 0 Å². The maximum absolute atomic E-state index is 12.0. The van der Waals surface area contributed by atoms with E-state index in [1.807, 2.05) is 0 Å². The third-order valence-corrected chi connectivity index (χ3v) is 4.26. The molecule has 0 unspecified atom stereocenters. The second-order valence-corrected chi connectivity index (χ2v) is 6.15. The Morgan fingerprint density at radius 3 is 2.44 bits per heavy atom. The van der Waals surface area contributed by atoms with Crippen molar-refractivity contribution < 1.29 is 13.2 Å². The molecule has 1 aromatic rings. The van der Waals surface area contributed by atoms with Gasteiger partial charge in [-0.2, -0.15) is 4.72 Å². The second-order valence-electron chi connectivity index (χ2n) is 4.44. The first-order valence-corrected chi connectivity index (χ1v) is 7.35. The third-order valence-electron chi connectivity index (χ3n) is 2.70. The van der Waals surface area contributed by atoms with Gasteiger partial charge >= 0.3 is 0 Å². The topological polar surface area (TPSA) is 75.3 Å². The van der Waals surface area contributed by atoms with Gasteiger partial charge in [0.2, 0.25) is 15.9 Å². The molecule has 5 nitrogen and oxygen atoms in total.